The van der Waals surface area contributed by atoms with Crippen molar-refractivity contribution < 1.29 is 32.3 Å². The number of hydrogen-bond acceptors (Lipinski definition) is 4. The summed E-state index contributed by atoms with van der Waals surface area (Å²) in [5.41, 5.74) is -1.30. The molecule has 0 unspecified atom stereocenters. The monoisotopic (exact) mass is 444 g/mol. The lowest BCUT2D eigenvalue weighted by Gasteiger charge is -2.32. The number of rotatable bonds is 3. The van der Waals surface area contributed by atoms with Crippen molar-refractivity contribution in [1.82, 2.24) is 19.9 Å². The van der Waals surface area contributed by atoms with Crippen LogP contribution < -0.4 is 0 Å². The second kappa shape index (κ2) is 7.08. The molecule has 1 N–H and O–H groups in total. The number of carboxylic acids is 1. The molecular weight excluding hydrogens is 432 g/mol. The van der Waals surface area contributed by atoms with Gasteiger partial charge < -0.3 is 10.0 Å². The van der Waals surface area contributed by atoms with Crippen LogP contribution in [0.25, 0.3) is 11.3 Å². The van der Waals surface area contributed by atoms with Crippen molar-refractivity contribution in [2.24, 2.45) is 0 Å². The van der Waals surface area contributed by atoms with Gasteiger partial charge in [0.2, 0.25) is 5.91 Å². The van der Waals surface area contributed by atoms with E-state index in [0.717, 1.165) is 16.8 Å². The predicted octanol–water partition coefficient (Wildman–Crippen LogP) is 3.31. The Morgan fingerprint density at radius 1 is 1.27 bits per heavy atom. The van der Waals surface area contributed by atoms with Gasteiger partial charge in [0, 0.05) is 17.7 Å². The summed E-state index contributed by atoms with van der Waals surface area (Å²) in [7, 11) is 0. The molecule has 0 bridgehead atoms. The molecule has 7 nitrogen and oxygen atoms in total. The molecule has 30 heavy (non-hydrogen) atoms. The largest absolute Gasteiger partial charge is 0.480 e. The zero-order valence-corrected chi connectivity index (χ0v) is 15.8. The topological polar surface area (TPSA) is 88.3 Å². The van der Waals surface area contributed by atoms with Gasteiger partial charge in [0.25, 0.3) is 0 Å². The molecule has 1 aromatic carbocycles. The van der Waals surface area contributed by atoms with Gasteiger partial charge in [0.15, 0.2) is 11.5 Å². The van der Waals surface area contributed by atoms with E-state index in [1.165, 1.54) is 11.0 Å². The normalized spacial score (nSPS) is 21.6. The molecule has 2 aliphatic rings. The summed E-state index contributed by atoms with van der Waals surface area (Å²) in [6, 6.07) is 1.01. The molecule has 0 spiro atoms. The van der Waals surface area contributed by atoms with Crippen LogP contribution in [0.15, 0.2) is 24.4 Å². The first-order valence-electron chi connectivity index (χ1n) is 8.82. The molecule has 0 radical (unpaired) electrons. The lowest BCUT2D eigenvalue weighted by molar-refractivity contribution is -0.148. The third kappa shape index (κ3) is 3.32. The SMILES string of the molecule is O=C(O)[C@@H]1CC[C@@H]2CC(c3c(-n4cc(C(F)(F)F)nn4)ccc(Cl)c3F)=CC(=O)N21. The minimum Gasteiger partial charge on any atom is -0.480 e. The van der Waals surface area contributed by atoms with Gasteiger partial charge >= 0.3 is 12.1 Å². The third-order valence-electron chi connectivity index (χ3n) is 5.22. The van der Waals surface area contributed by atoms with Crippen LogP contribution in [0.3, 0.4) is 0 Å². The number of fused-ring (bicyclic) bond motifs is 1. The molecule has 1 saturated heterocycles. The van der Waals surface area contributed by atoms with Crippen LogP contribution in [0.4, 0.5) is 17.6 Å². The average Bonchev–Trinajstić information content (AvgIpc) is 3.30. The second-order valence-electron chi connectivity index (χ2n) is 7.01. The van der Waals surface area contributed by atoms with Gasteiger partial charge in [-0.1, -0.05) is 16.8 Å². The molecule has 1 amide bonds. The summed E-state index contributed by atoms with van der Waals surface area (Å²) in [4.78, 5) is 25.2. The maximum Gasteiger partial charge on any atom is 0.436 e. The quantitative estimate of drug-likeness (QED) is 0.734. The molecule has 1 aromatic heterocycles. The highest BCUT2D eigenvalue weighted by atomic mass is 35.5. The van der Waals surface area contributed by atoms with E-state index in [-0.39, 0.29) is 34.7 Å². The summed E-state index contributed by atoms with van der Waals surface area (Å²) in [5.74, 6) is -2.65. The smallest absolute Gasteiger partial charge is 0.436 e. The summed E-state index contributed by atoms with van der Waals surface area (Å²) >= 11 is 5.88. The number of carboxylic acid groups (broad SMARTS) is 1. The number of aliphatic carboxylic acids is 1. The predicted molar refractivity (Wildman–Crippen MR) is 95.2 cm³/mol. The first-order valence-corrected chi connectivity index (χ1v) is 9.19. The van der Waals surface area contributed by atoms with Crippen molar-refractivity contribution in [1.29, 1.82) is 0 Å². The van der Waals surface area contributed by atoms with E-state index in [0.29, 0.717) is 12.6 Å². The molecule has 0 saturated carbocycles. The van der Waals surface area contributed by atoms with E-state index in [1.807, 2.05) is 0 Å². The van der Waals surface area contributed by atoms with Gasteiger partial charge in [0.05, 0.1) is 16.9 Å². The molecule has 0 aliphatic carbocycles. The van der Waals surface area contributed by atoms with Crippen LogP contribution >= 0.6 is 11.6 Å². The summed E-state index contributed by atoms with van der Waals surface area (Å²) in [5, 5.41) is 15.5. The Balaban J connectivity index is 1.80. The Hall–Kier alpha value is -2.95. The van der Waals surface area contributed by atoms with E-state index >= 15 is 0 Å². The highest BCUT2D eigenvalue weighted by Gasteiger charge is 2.43. The standard InChI is InChI=1S/C18H13ClF4N4O3/c19-10-2-4-11(26-7-13(24-25-26)18(21,22)23)15(16(10)20)8-5-9-1-3-12(17(29)30)27(9)14(28)6-8/h2,4,6-7,9,12H,1,3,5H2,(H,29,30)/t9-,12+/m1/s1. The van der Waals surface area contributed by atoms with E-state index in [9.17, 15) is 32.3 Å². The van der Waals surface area contributed by atoms with Gasteiger partial charge in [0.1, 0.15) is 6.04 Å². The molecule has 2 aromatic rings. The maximum atomic E-state index is 15.0. The lowest BCUT2D eigenvalue weighted by Crippen LogP contribution is -2.46. The number of carbonyl (C=O) groups is 2. The fourth-order valence-electron chi connectivity index (χ4n) is 3.92. The number of hydrogen-bond donors (Lipinski definition) is 1. The maximum absolute atomic E-state index is 15.0. The Bertz CT molecular complexity index is 1080. The molecule has 2 atom stereocenters. The minimum atomic E-state index is -4.74. The number of halogens is 5. The van der Waals surface area contributed by atoms with Crippen LogP contribution in [0.2, 0.25) is 5.02 Å². The molecule has 12 heteroatoms. The molecule has 2 aliphatic heterocycles. The van der Waals surface area contributed by atoms with E-state index < -0.39 is 41.6 Å². The van der Waals surface area contributed by atoms with Crippen LogP contribution in [0.5, 0.6) is 0 Å². The summed E-state index contributed by atoms with van der Waals surface area (Å²) in [6.07, 6.45) is -2.24. The number of nitrogens with zero attached hydrogens (tertiary/aromatic N) is 4. The number of aromatic nitrogens is 3. The van der Waals surface area contributed by atoms with E-state index in [2.05, 4.69) is 10.3 Å². The van der Waals surface area contributed by atoms with Crippen molar-refractivity contribution >= 4 is 29.1 Å². The van der Waals surface area contributed by atoms with E-state index in [1.54, 1.807) is 0 Å². The average molecular weight is 445 g/mol. The van der Waals surface area contributed by atoms with Gasteiger partial charge in [-0.25, -0.2) is 13.9 Å². The molecule has 3 heterocycles. The van der Waals surface area contributed by atoms with Gasteiger partial charge in [-0.15, -0.1) is 5.10 Å². The highest BCUT2D eigenvalue weighted by Crippen LogP contribution is 2.40. The lowest BCUT2D eigenvalue weighted by atomic mass is 9.92. The first kappa shape index (κ1) is 20.3. The fourth-order valence-corrected chi connectivity index (χ4v) is 4.08. The van der Waals surface area contributed by atoms with Crippen molar-refractivity contribution in [2.75, 3.05) is 0 Å². The van der Waals surface area contributed by atoms with Crippen molar-refractivity contribution in [2.45, 2.75) is 37.5 Å². The van der Waals surface area contributed by atoms with Crippen LogP contribution in [0.1, 0.15) is 30.5 Å². The molecular formula is C18H13ClF4N4O3. The first-order chi connectivity index (χ1) is 14.1. The number of carbonyl (C=O) groups excluding carboxylic acids is 1. The van der Waals surface area contributed by atoms with Crippen LogP contribution in [0, 0.1) is 5.82 Å². The second-order valence-corrected chi connectivity index (χ2v) is 7.41. The van der Waals surface area contributed by atoms with Gasteiger partial charge in [-0.3, -0.25) is 4.79 Å². The molecule has 158 valence electrons. The number of alkyl halides is 3. The minimum absolute atomic E-state index is 0.0693. The van der Waals surface area contributed by atoms with Gasteiger partial charge in [-0.05, 0) is 37.0 Å². The van der Waals surface area contributed by atoms with Crippen LogP contribution in [-0.2, 0) is 15.8 Å². The summed E-state index contributed by atoms with van der Waals surface area (Å²) in [6.45, 7) is 0. The Labute approximate surface area is 171 Å². The van der Waals surface area contributed by atoms with E-state index in [4.69, 9.17) is 11.6 Å². The van der Waals surface area contributed by atoms with Gasteiger partial charge in [-0.2, -0.15) is 13.2 Å². The van der Waals surface area contributed by atoms with Crippen LogP contribution in [-0.4, -0.2) is 49.0 Å². The third-order valence-corrected chi connectivity index (χ3v) is 5.51. The highest BCUT2D eigenvalue weighted by molar-refractivity contribution is 6.31. The number of benzene rings is 1. The number of amides is 1. The van der Waals surface area contributed by atoms with Crippen molar-refractivity contribution in [3.8, 4) is 5.69 Å². The molecule has 1 fully saturated rings. The molecule has 4 rings (SSSR count). The Kier molecular flexibility index (Phi) is 4.80. The Morgan fingerprint density at radius 2 is 2.00 bits per heavy atom. The van der Waals surface area contributed by atoms with Crippen molar-refractivity contribution in [3.05, 3.63) is 46.5 Å². The van der Waals surface area contributed by atoms with Crippen molar-refractivity contribution in [3.63, 3.8) is 0 Å². The summed E-state index contributed by atoms with van der Waals surface area (Å²) < 4.78 is 54.4. The Morgan fingerprint density at radius 3 is 2.63 bits per heavy atom. The fraction of sp³-hybridized carbons (Fsp3) is 0.333. The zero-order valence-electron chi connectivity index (χ0n) is 15.0. The zero-order chi connectivity index (χ0) is 21.8.